The molecule has 3 rings (SSSR count). The number of rotatable bonds is 2. The van der Waals surface area contributed by atoms with Crippen LogP contribution in [0.5, 0.6) is 11.5 Å². The molecule has 2 heterocycles. The van der Waals surface area contributed by atoms with E-state index in [1.54, 1.807) is 0 Å². The number of fused-ring (bicyclic) bond motifs is 1. The van der Waals surface area contributed by atoms with Gasteiger partial charge in [0.25, 0.3) is 0 Å². The maximum absolute atomic E-state index is 5.59. The largest absolute Gasteiger partial charge is 0.486 e. The molecule has 1 aromatic carbocycles. The van der Waals surface area contributed by atoms with Gasteiger partial charge < -0.3 is 14.8 Å². The summed E-state index contributed by atoms with van der Waals surface area (Å²) in [5.41, 5.74) is 1.86. The van der Waals surface area contributed by atoms with Gasteiger partial charge in [-0.05, 0) is 25.1 Å². The second-order valence-corrected chi connectivity index (χ2v) is 4.29. The number of nitrogens with one attached hydrogen (secondary N) is 1. The topological polar surface area (TPSA) is 56.3 Å². The molecule has 0 fully saturated rings. The molecule has 0 spiro atoms. The second kappa shape index (κ2) is 4.76. The lowest BCUT2D eigenvalue weighted by atomic mass is 10.1. The summed E-state index contributed by atoms with van der Waals surface area (Å²) in [4.78, 5) is 8.74. The van der Waals surface area contributed by atoms with Gasteiger partial charge in [-0.25, -0.2) is 9.97 Å². The van der Waals surface area contributed by atoms with Crippen molar-refractivity contribution in [1.29, 1.82) is 0 Å². The smallest absolute Gasteiger partial charge is 0.162 e. The number of aryl methyl sites for hydroxylation is 1. The third kappa shape index (κ3) is 2.31. The Morgan fingerprint density at radius 1 is 1.05 bits per heavy atom. The number of ether oxygens (including phenoxy) is 2. The van der Waals surface area contributed by atoms with E-state index in [4.69, 9.17) is 9.47 Å². The molecule has 5 nitrogen and oxygen atoms in total. The Balaban J connectivity index is 2.04. The fourth-order valence-electron chi connectivity index (χ4n) is 2.05. The fourth-order valence-corrected chi connectivity index (χ4v) is 2.05. The number of anilines is 1. The van der Waals surface area contributed by atoms with Gasteiger partial charge in [0.1, 0.15) is 24.9 Å². The molecular formula is C14H15N3O2. The second-order valence-electron chi connectivity index (χ2n) is 4.29. The fraction of sp³-hybridized carbons (Fsp3) is 0.286. The van der Waals surface area contributed by atoms with Gasteiger partial charge in [-0.2, -0.15) is 0 Å². The third-order valence-corrected chi connectivity index (χ3v) is 2.93. The zero-order chi connectivity index (χ0) is 13.2. The predicted molar refractivity (Wildman–Crippen MR) is 72.7 cm³/mol. The first-order valence-corrected chi connectivity index (χ1v) is 6.20. The summed E-state index contributed by atoms with van der Waals surface area (Å²) in [6, 6.07) is 7.77. The number of benzene rings is 1. The SMILES string of the molecule is CNc1cc(-c2ccc3c(c2)OCCO3)nc(C)n1. The van der Waals surface area contributed by atoms with Crippen LogP contribution in [0.4, 0.5) is 5.82 Å². The van der Waals surface area contributed by atoms with E-state index in [9.17, 15) is 0 Å². The van der Waals surface area contributed by atoms with Crippen molar-refractivity contribution in [2.75, 3.05) is 25.6 Å². The molecule has 0 amide bonds. The Hall–Kier alpha value is -2.30. The zero-order valence-electron chi connectivity index (χ0n) is 10.9. The molecule has 0 radical (unpaired) electrons. The molecule has 1 aromatic heterocycles. The Morgan fingerprint density at radius 3 is 2.63 bits per heavy atom. The van der Waals surface area contributed by atoms with E-state index in [2.05, 4.69) is 15.3 Å². The van der Waals surface area contributed by atoms with Gasteiger partial charge in [0.15, 0.2) is 11.5 Å². The quantitative estimate of drug-likeness (QED) is 0.894. The summed E-state index contributed by atoms with van der Waals surface area (Å²) in [7, 11) is 1.84. The Kier molecular flexibility index (Phi) is 2.95. The monoisotopic (exact) mass is 257 g/mol. The molecule has 0 bridgehead atoms. The standard InChI is InChI=1S/C14H15N3O2/c1-9-16-11(8-14(15-2)17-9)10-3-4-12-13(7-10)19-6-5-18-12/h3-4,7-8H,5-6H2,1-2H3,(H,15,16,17). The van der Waals surface area contributed by atoms with Crippen LogP contribution in [-0.2, 0) is 0 Å². The lowest BCUT2D eigenvalue weighted by molar-refractivity contribution is 0.171. The summed E-state index contributed by atoms with van der Waals surface area (Å²) in [5, 5.41) is 3.03. The van der Waals surface area contributed by atoms with E-state index < -0.39 is 0 Å². The van der Waals surface area contributed by atoms with Crippen LogP contribution < -0.4 is 14.8 Å². The van der Waals surface area contributed by atoms with Crippen LogP contribution in [0.25, 0.3) is 11.3 Å². The van der Waals surface area contributed by atoms with Gasteiger partial charge in [0.05, 0.1) is 5.69 Å². The number of hydrogen-bond donors (Lipinski definition) is 1. The molecule has 0 atom stereocenters. The van der Waals surface area contributed by atoms with Crippen molar-refractivity contribution in [2.45, 2.75) is 6.92 Å². The van der Waals surface area contributed by atoms with Crippen molar-refractivity contribution in [3.8, 4) is 22.8 Å². The van der Waals surface area contributed by atoms with Crippen LogP contribution in [0.3, 0.4) is 0 Å². The van der Waals surface area contributed by atoms with Crippen molar-refractivity contribution in [1.82, 2.24) is 9.97 Å². The Bertz CT molecular complexity index is 614. The van der Waals surface area contributed by atoms with E-state index in [-0.39, 0.29) is 0 Å². The van der Waals surface area contributed by atoms with E-state index in [1.165, 1.54) is 0 Å². The van der Waals surface area contributed by atoms with Crippen molar-refractivity contribution in [3.63, 3.8) is 0 Å². The molecule has 2 aromatic rings. The zero-order valence-corrected chi connectivity index (χ0v) is 10.9. The molecule has 0 aliphatic carbocycles. The number of nitrogens with zero attached hydrogens (tertiary/aromatic N) is 2. The lowest BCUT2D eigenvalue weighted by Crippen LogP contribution is -2.15. The number of hydrogen-bond acceptors (Lipinski definition) is 5. The van der Waals surface area contributed by atoms with Crippen LogP contribution >= 0.6 is 0 Å². The Morgan fingerprint density at radius 2 is 1.84 bits per heavy atom. The average Bonchev–Trinajstić information content (AvgIpc) is 2.46. The molecule has 19 heavy (non-hydrogen) atoms. The third-order valence-electron chi connectivity index (χ3n) is 2.93. The van der Waals surface area contributed by atoms with E-state index in [0.29, 0.717) is 13.2 Å². The van der Waals surface area contributed by atoms with E-state index in [1.807, 2.05) is 38.2 Å². The van der Waals surface area contributed by atoms with Gasteiger partial charge in [-0.1, -0.05) is 0 Å². The molecule has 0 unspecified atom stereocenters. The normalized spacial score (nSPS) is 13.2. The van der Waals surface area contributed by atoms with E-state index >= 15 is 0 Å². The molecule has 98 valence electrons. The summed E-state index contributed by atoms with van der Waals surface area (Å²) in [6.45, 7) is 3.06. The predicted octanol–water partition coefficient (Wildman–Crippen LogP) is 2.26. The molecule has 1 aliphatic rings. The summed E-state index contributed by atoms with van der Waals surface area (Å²) in [6.07, 6.45) is 0. The highest BCUT2D eigenvalue weighted by Crippen LogP contribution is 2.34. The maximum atomic E-state index is 5.59. The van der Waals surface area contributed by atoms with Crippen molar-refractivity contribution < 1.29 is 9.47 Å². The first-order valence-electron chi connectivity index (χ1n) is 6.20. The first kappa shape index (κ1) is 11.8. The van der Waals surface area contributed by atoms with E-state index in [0.717, 1.165) is 34.4 Å². The summed E-state index contributed by atoms with van der Waals surface area (Å²) < 4.78 is 11.1. The highest BCUT2D eigenvalue weighted by atomic mass is 16.6. The molecule has 1 N–H and O–H groups in total. The summed E-state index contributed by atoms with van der Waals surface area (Å²) >= 11 is 0. The average molecular weight is 257 g/mol. The molecule has 5 heteroatoms. The van der Waals surface area contributed by atoms with Crippen LogP contribution in [0.15, 0.2) is 24.3 Å². The van der Waals surface area contributed by atoms with Gasteiger partial charge in [0, 0.05) is 18.7 Å². The first-order chi connectivity index (χ1) is 9.26. The maximum Gasteiger partial charge on any atom is 0.162 e. The van der Waals surface area contributed by atoms with Crippen LogP contribution in [-0.4, -0.2) is 30.2 Å². The van der Waals surface area contributed by atoms with Gasteiger partial charge >= 0.3 is 0 Å². The minimum atomic E-state index is 0.584. The van der Waals surface area contributed by atoms with Crippen LogP contribution in [0, 0.1) is 6.92 Å². The highest BCUT2D eigenvalue weighted by molar-refractivity contribution is 5.66. The molecule has 0 saturated carbocycles. The van der Waals surface area contributed by atoms with Crippen LogP contribution in [0.2, 0.25) is 0 Å². The van der Waals surface area contributed by atoms with Crippen LogP contribution in [0.1, 0.15) is 5.82 Å². The number of aromatic nitrogens is 2. The molecular weight excluding hydrogens is 242 g/mol. The molecule has 1 aliphatic heterocycles. The minimum Gasteiger partial charge on any atom is -0.486 e. The lowest BCUT2D eigenvalue weighted by Gasteiger charge is -2.18. The van der Waals surface area contributed by atoms with Crippen molar-refractivity contribution in [2.24, 2.45) is 0 Å². The minimum absolute atomic E-state index is 0.584. The highest BCUT2D eigenvalue weighted by Gasteiger charge is 2.13. The molecule has 0 saturated heterocycles. The van der Waals surface area contributed by atoms with Gasteiger partial charge in [-0.15, -0.1) is 0 Å². The van der Waals surface area contributed by atoms with Crippen molar-refractivity contribution >= 4 is 5.82 Å². The Labute approximate surface area is 111 Å². The van der Waals surface area contributed by atoms with Crippen molar-refractivity contribution in [3.05, 3.63) is 30.1 Å². The summed E-state index contributed by atoms with van der Waals surface area (Å²) in [5.74, 6) is 3.09. The van der Waals surface area contributed by atoms with Gasteiger partial charge in [-0.3, -0.25) is 0 Å². The van der Waals surface area contributed by atoms with Gasteiger partial charge in [0.2, 0.25) is 0 Å².